The average Bonchev–Trinajstić information content (AvgIpc) is 3.36. The van der Waals surface area contributed by atoms with E-state index < -0.39 is 6.10 Å². The number of nitrogens with one attached hydrogen (secondary N) is 1. The highest BCUT2D eigenvalue weighted by atomic mass is 16.3. The van der Waals surface area contributed by atoms with Crippen LogP contribution in [0.25, 0.3) is 32.8 Å². The minimum Gasteiger partial charge on any atom is -0.387 e. The first-order chi connectivity index (χ1) is 15.8. The maximum atomic E-state index is 11.3. The van der Waals surface area contributed by atoms with Crippen molar-refractivity contribution in [3.63, 3.8) is 0 Å². The largest absolute Gasteiger partial charge is 0.387 e. The molecule has 0 amide bonds. The third-order valence-electron chi connectivity index (χ3n) is 6.87. The Bertz CT molecular complexity index is 1390. The van der Waals surface area contributed by atoms with Gasteiger partial charge in [-0.2, -0.15) is 0 Å². The summed E-state index contributed by atoms with van der Waals surface area (Å²) in [5.41, 5.74) is 4.66. The monoisotopic (exact) mass is 422 g/mol. The number of aliphatic hydroxyl groups excluding tert-OH is 1. The molecule has 0 aliphatic heterocycles. The predicted octanol–water partition coefficient (Wildman–Crippen LogP) is 5.45. The summed E-state index contributed by atoms with van der Waals surface area (Å²) >= 11 is 0. The highest BCUT2D eigenvalue weighted by Crippen LogP contribution is 2.30. The Balaban J connectivity index is 1.38. The second kappa shape index (κ2) is 7.95. The number of para-hydroxylation sites is 4. The number of aromatic amines is 1. The Morgan fingerprint density at radius 3 is 2.31 bits per heavy atom. The SMILES string of the molecule is OC(Cn1c2ccccc2c2ccccc21)C[n+]1c(C2CC=CCC2)[nH]c2ccccc21. The zero-order chi connectivity index (χ0) is 21.5. The van der Waals surface area contributed by atoms with Crippen molar-refractivity contribution in [2.75, 3.05) is 0 Å². The predicted molar refractivity (Wildman–Crippen MR) is 130 cm³/mol. The number of imidazole rings is 1. The highest BCUT2D eigenvalue weighted by molar-refractivity contribution is 6.07. The molecule has 4 heteroatoms. The van der Waals surface area contributed by atoms with Gasteiger partial charge in [-0.15, -0.1) is 0 Å². The molecule has 5 aromatic rings. The third-order valence-corrected chi connectivity index (χ3v) is 6.87. The number of hydrogen-bond donors (Lipinski definition) is 2. The summed E-state index contributed by atoms with van der Waals surface area (Å²) < 4.78 is 4.59. The Kier molecular flexibility index (Phi) is 4.80. The number of allylic oxidation sites excluding steroid dienone is 2. The van der Waals surface area contributed by atoms with Gasteiger partial charge in [0.25, 0.3) is 5.82 Å². The van der Waals surface area contributed by atoms with E-state index in [2.05, 4.69) is 99.1 Å². The molecule has 2 atom stereocenters. The van der Waals surface area contributed by atoms with Crippen LogP contribution in [0.3, 0.4) is 0 Å². The Hall–Kier alpha value is -3.37. The van der Waals surface area contributed by atoms with E-state index in [4.69, 9.17) is 0 Å². The molecule has 4 nitrogen and oxygen atoms in total. The van der Waals surface area contributed by atoms with Gasteiger partial charge in [-0.1, -0.05) is 60.7 Å². The van der Waals surface area contributed by atoms with Gasteiger partial charge in [0, 0.05) is 21.8 Å². The first kappa shape index (κ1) is 19.3. The van der Waals surface area contributed by atoms with E-state index in [0.29, 0.717) is 19.0 Å². The van der Waals surface area contributed by atoms with Gasteiger partial charge < -0.3 is 9.67 Å². The summed E-state index contributed by atoms with van der Waals surface area (Å²) in [6, 6.07) is 25.4. The van der Waals surface area contributed by atoms with Crippen LogP contribution in [0.4, 0.5) is 0 Å². The van der Waals surface area contributed by atoms with Gasteiger partial charge in [0.2, 0.25) is 0 Å². The average molecular weight is 423 g/mol. The van der Waals surface area contributed by atoms with Crippen molar-refractivity contribution >= 4 is 32.8 Å². The van der Waals surface area contributed by atoms with E-state index in [9.17, 15) is 5.11 Å². The van der Waals surface area contributed by atoms with Gasteiger partial charge in [0.1, 0.15) is 12.6 Å². The first-order valence-corrected chi connectivity index (χ1v) is 11.6. The van der Waals surface area contributed by atoms with Crippen molar-refractivity contribution in [1.82, 2.24) is 9.55 Å². The van der Waals surface area contributed by atoms with Crippen LogP contribution in [-0.2, 0) is 13.1 Å². The van der Waals surface area contributed by atoms with E-state index in [0.717, 1.165) is 24.8 Å². The zero-order valence-corrected chi connectivity index (χ0v) is 18.1. The maximum Gasteiger partial charge on any atom is 0.258 e. The van der Waals surface area contributed by atoms with E-state index in [1.807, 2.05) is 0 Å². The van der Waals surface area contributed by atoms with Crippen molar-refractivity contribution in [3.05, 3.63) is 90.8 Å². The highest BCUT2D eigenvalue weighted by Gasteiger charge is 2.28. The number of benzene rings is 3. The number of nitrogens with zero attached hydrogens (tertiary/aromatic N) is 2. The quantitative estimate of drug-likeness (QED) is 0.287. The Morgan fingerprint density at radius 2 is 1.59 bits per heavy atom. The number of fused-ring (bicyclic) bond motifs is 4. The molecule has 3 aromatic carbocycles. The van der Waals surface area contributed by atoms with Gasteiger partial charge >= 0.3 is 0 Å². The third kappa shape index (κ3) is 3.23. The lowest BCUT2D eigenvalue weighted by atomic mass is 9.93. The summed E-state index contributed by atoms with van der Waals surface area (Å²) in [7, 11) is 0. The standard InChI is InChI=1S/C28H27N3O/c32-21(18-30-25-15-7-4-12-22(25)23-13-5-8-16-26(23)30)19-31-27-17-9-6-14-24(27)29-28(31)20-10-2-1-3-11-20/h1-2,4-9,12-17,20-21,32H,3,10-11,18-19H2/p+1. The van der Waals surface area contributed by atoms with E-state index >= 15 is 0 Å². The van der Waals surface area contributed by atoms with Crippen LogP contribution in [0.15, 0.2) is 84.9 Å². The minimum atomic E-state index is -0.503. The lowest BCUT2D eigenvalue weighted by Gasteiger charge is -2.17. The number of aromatic nitrogens is 3. The molecule has 32 heavy (non-hydrogen) atoms. The molecule has 2 aromatic heterocycles. The van der Waals surface area contributed by atoms with E-state index in [1.54, 1.807) is 0 Å². The lowest BCUT2D eigenvalue weighted by molar-refractivity contribution is -0.687. The second-order valence-corrected chi connectivity index (χ2v) is 8.92. The molecular formula is C28H28N3O+. The molecule has 1 aliphatic rings. The summed E-state index contributed by atoms with van der Waals surface area (Å²) in [6.45, 7) is 1.13. The van der Waals surface area contributed by atoms with Crippen molar-refractivity contribution in [1.29, 1.82) is 0 Å². The summed E-state index contributed by atoms with van der Waals surface area (Å²) in [5.74, 6) is 1.70. The summed E-state index contributed by atoms with van der Waals surface area (Å²) in [5, 5.41) is 13.8. The number of H-pyrrole nitrogens is 1. The van der Waals surface area contributed by atoms with Gasteiger partial charge in [-0.25, -0.2) is 9.55 Å². The van der Waals surface area contributed by atoms with Gasteiger partial charge in [-0.05, 0) is 43.5 Å². The van der Waals surface area contributed by atoms with Crippen LogP contribution in [0.2, 0.25) is 0 Å². The molecule has 0 saturated heterocycles. The van der Waals surface area contributed by atoms with Crippen LogP contribution < -0.4 is 4.57 Å². The van der Waals surface area contributed by atoms with E-state index in [1.165, 1.54) is 33.1 Å². The van der Waals surface area contributed by atoms with Crippen LogP contribution in [0.5, 0.6) is 0 Å². The van der Waals surface area contributed by atoms with Gasteiger partial charge in [-0.3, -0.25) is 0 Å². The first-order valence-electron chi connectivity index (χ1n) is 11.6. The van der Waals surface area contributed by atoms with Crippen molar-refractivity contribution < 1.29 is 9.67 Å². The number of rotatable bonds is 5. The topological polar surface area (TPSA) is 44.8 Å². The minimum absolute atomic E-state index is 0.466. The molecule has 0 bridgehead atoms. The molecule has 0 saturated carbocycles. The van der Waals surface area contributed by atoms with Crippen molar-refractivity contribution in [2.45, 2.75) is 44.4 Å². The molecule has 2 N–H and O–H groups in total. The number of hydrogen-bond acceptors (Lipinski definition) is 1. The molecular weight excluding hydrogens is 394 g/mol. The molecule has 0 spiro atoms. The van der Waals surface area contributed by atoms with Crippen LogP contribution in [0.1, 0.15) is 31.0 Å². The van der Waals surface area contributed by atoms with Crippen LogP contribution in [0, 0.1) is 0 Å². The molecule has 0 radical (unpaired) electrons. The van der Waals surface area contributed by atoms with Crippen LogP contribution in [-0.4, -0.2) is 20.8 Å². The van der Waals surface area contributed by atoms with E-state index in [-0.39, 0.29) is 0 Å². The van der Waals surface area contributed by atoms with Crippen LogP contribution >= 0.6 is 0 Å². The molecule has 6 rings (SSSR count). The molecule has 0 fully saturated rings. The summed E-state index contributed by atoms with van der Waals surface area (Å²) in [6.07, 6.45) is 7.38. The van der Waals surface area contributed by atoms with Crippen molar-refractivity contribution in [2.24, 2.45) is 0 Å². The fourth-order valence-electron chi connectivity index (χ4n) is 5.39. The zero-order valence-electron chi connectivity index (χ0n) is 18.1. The molecule has 2 unspecified atom stereocenters. The lowest BCUT2D eigenvalue weighted by Crippen LogP contribution is -2.44. The maximum absolute atomic E-state index is 11.3. The number of aliphatic hydroxyl groups is 1. The van der Waals surface area contributed by atoms with Crippen molar-refractivity contribution in [3.8, 4) is 0 Å². The molecule has 160 valence electrons. The van der Waals surface area contributed by atoms with Gasteiger partial charge in [0.15, 0.2) is 11.0 Å². The fraction of sp³-hybridized carbons (Fsp3) is 0.250. The smallest absolute Gasteiger partial charge is 0.258 e. The van der Waals surface area contributed by atoms with Gasteiger partial charge in [0.05, 0.1) is 12.5 Å². The summed E-state index contributed by atoms with van der Waals surface area (Å²) in [4.78, 5) is 3.67. The molecule has 1 aliphatic carbocycles. The second-order valence-electron chi connectivity index (χ2n) is 8.92. The Morgan fingerprint density at radius 1 is 0.906 bits per heavy atom. The normalized spacial score (nSPS) is 17.5. The molecule has 2 heterocycles. The Labute approximate surface area is 187 Å². The fourth-order valence-corrected chi connectivity index (χ4v) is 5.39.